The molecule has 0 amide bonds. The highest BCUT2D eigenvalue weighted by molar-refractivity contribution is 7.18. The summed E-state index contributed by atoms with van der Waals surface area (Å²) in [6, 6.07) is 2.36. The average molecular weight is 490 g/mol. The lowest BCUT2D eigenvalue weighted by Gasteiger charge is -2.52. The molecule has 1 saturated carbocycles. The SMILES string of the molecule is Cc1nc(CN2CC(O)C2(C)C)c2cc(C3CCC(C)(C)CC3)sc2n1.O=C(O)C=CC(=O)O. The fraction of sp³-hybridized carbons (Fsp3) is 0.600. The van der Waals surface area contributed by atoms with Gasteiger partial charge in [-0.3, -0.25) is 4.90 Å². The number of aryl methyl sites for hydroxylation is 1. The molecule has 0 aromatic carbocycles. The van der Waals surface area contributed by atoms with E-state index in [1.54, 1.807) is 0 Å². The van der Waals surface area contributed by atoms with E-state index in [-0.39, 0.29) is 11.6 Å². The van der Waals surface area contributed by atoms with E-state index in [0.717, 1.165) is 29.4 Å². The summed E-state index contributed by atoms with van der Waals surface area (Å²) in [6.07, 6.45) is 6.06. The summed E-state index contributed by atoms with van der Waals surface area (Å²) in [5.74, 6) is -0.984. The molecule has 0 radical (unpaired) electrons. The Kier molecular flexibility index (Phi) is 7.79. The van der Waals surface area contributed by atoms with Crippen LogP contribution in [0.5, 0.6) is 0 Å². The van der Waals surface area contributed by atoms with Crippen molar-refractivity contribution in [2.45, 2.75) is 84.4 Å². The highest BCUT2D eigenvalue weighted by atomic mass is 32.1. The maximum atomic E-state index is 10.0. The lowest BCUT2D eigenvalue weighted by molar-refractivity contribution is -0.134. The van der Waals surface area contributed by atoms with E-state index >= 15 is 0 Å². The van der Waals surface area contributed by atoms with Gasteiger partial charge in [-0.25, -0.2) is 19.6 Å². The minimum Gasteiger partial charge on any atom is -0.478 e. The topological polar surface area (TPSA) is 124 Å². The Morgan fingerprint density at radius 1 is 1.12 bits per heavy atom. The Bertz CT molecular complexity index is 1070. The van der Waals surface area contributed by atoms with Gasteiger partial charge in [-0.05, 0) is 63.9 Å². The molecule has 1 aliphatic heterocycles. The zero-order chi connectivity index (χ0) is 25.3. The molecular formula is C25H35N3O5S. The fourth-order valence-corrected chi connectivity index (χ4v) is 5.75. The van der Waals surface area contributed by atoms with E-state index in [9.17, 15) is 14.7 Å². The van der Waals surface area contributed by atoms with Gasteiger partial charge in [0.1, 0.15) is 10.7 Å². The van der Waals surface area contributed by atoms with Gasteiger partial charge < -0.3 is 15.3 Å². The Morgan fingerprint density at radius 2 is 1.71 bits per heavy atom. The summed E-state index contributed by atoms with van der Waals surface area (Å²) in [6.45, 7) is 12.5. The molecule has 2 aliphatic rings. The number of aromatic nitrogens is 2. The summed E-state index contributed by atoms with van der Waals surface area (Å²) in [5, 5.41) is 26.9. The second-order valence-corrected chi connectivity index (χ2v) is 11.6. The van der Waals surface area contributed by atoms with Crippen LogP contribution in [0, 0.1) is 12.3 Å². The Balaban J connectivity index is 0.000000350. The van der Waals surface area contributed by atoms with Crippen molar-refractivity contribution in [1.82, 2.24) is 14.9 Å². The van der Waals surface area contributed by atoms with Crippen LogP contribution >= 0.6 is 11.3 Å². The van der Waals surface area contributed by atoms with Gasteiger partial charge in [0.25, 0.3) is 0 Å². The number of hydrogen-bond acceptors (Lipinski definition) is 7. The molecule has 186 valence electrons. The van der Waals surface area contributed by atoms with Crippen molar-refractivity contribution in [2.75, 3.05) is 6.54 Å². The number of carbonyl (C=O) groups is 2. The number of aliphatic carboxylic acids is 2. The van der Waals surface area contributed by atoms with Crippen LogP contribution in [-0.4, -0.2) is 60.3 Å². The molecule has 3 N–H and O–H groups in total. The van der Waals surface area contributed by atoms with E-state index in [1.165, 1.54) is 35.9 Å². The zero-order valence-corrected chi connectivity index (χ0v) is 21.4. The van der Waals surface area contributed by atoms with Crippen molar-refractivity contribution in [2.24, 2.45) is 5.41 Å². The van der Waals surface area contributed by atoms with E-state index in [0.29, 0.717) is 23.5 Å². The van der Waals surface area contributed by atoms with Gasteiger partial charge in [0.2, 0.25) is 0 Å². The number of β-amino-alcohol motifs (C(OH)–C–C–N with tert-alkyl or cyclic N) is 1. The van der Waals surface area contributed by atoms with Crippen LogP contribution in [-0.2, 0) is 16.1 Å². The van der Waals surface area contributed by atoms with Gasteiger partial charge in [0.05, 0.1) is 11.8 Å². The quantitative estimate of drug-likeness (QED) is 0.530. The van der Waals surface area contributed by atoms with Crippen molar-refractivity contribution in [3.05, 3.63) is 34.6 Å². The second kappa shape index (κ2) is 10.1. The molecule has 0 spiro atoms. The second-order valence-electron chi connectivity index (χ2n) is 10.6. The third-order valence-electron chi connectivity index (χ3n) is 7.08. The van der Waals surface area contributed by atoms with Gasteiger partial charge in [0, 0.05) is 41.0 Å². The first-order valence-electron chi connectivity index (χ1n) is 11.6. The smallest absolute Gasteiger partial charge is 0.328 e. The van der Waals surface area contributed by atoms with Crippen LogP contribution < -0.4 is 0 Å². The highest BCUT2D eigenvalue weighted by Crippen LogP contribution is 2.45. The van der Waals surface area contributed by atoms with Crippen molar-refractivity contribution in [3.8, 4) is 0 Å². The molecule has 34 heavy (non-hydrogen) atoms. The molecule has 2 aromatic heterocycles. The van der Waals surface area contributed by atoms with Crippen LogP contribution in [0.25, 0.3) is 10.2 Å². The van der Waals surface area contributed by atoms with Gasteiger partial charge in [0.15, 0.2) is 0 Å². The van der Waals surface area contributed by atoms with Crippen molar-refractivity contribution < 1.29 is 24.9 Å². The average Bonchev–Trinajstić information content (AvgIpc) is 3.16. The van der Waals surface area contributed by atoms with E-state index in [1.807, 2.05) is 18.3 Å². The normalized spacial score (nSPS) is 22.2. The first-order chi connectivity index (χ1) is 15.8. The standard InChI is InChI=1S/C21H31N3OS.C4H4O4/c1-13-22-16(11-24-12-18(25)21(24,4)5)15-10-17(26-19(15)23-13)14-6-8-20(2,3)9-7-14;5-3(6)1-2-4(7)8/h10,14,18,25H,6-9,11-12H2,1-5H3;1-2H,(H,5,6)(H,7,8). The van der Waals surface area contributed by atoms with E-state index in [2.05, 4.69) is 38.7 Å². The number of rotatable bonds is 5. The predicted octanol–water partition coefficient (Wildman–Crippen LogP) is 4.35. The van der Waals surface area contributed by atoms with Gasteiger partial charge in [-0.1, -0.05) is 13.8 Å². The summed E-state index contributed by atoms with van der Waals surface area (Å²) in [5.41, 5.74) is 1.45. The summed E-state index contributed by atoms with van der Waals surface area (Å²) in [4.78, 5) is 33.5. The van der Waals surface area contributed by atoms with Gasteiger partial charge in [-0.15, -0.1) is 11.3 Å². The number of aliphatic hydroxyl groups excluding tert-OH is 1. The molecular weight excluding hydrogens is 454 g/mol. The minimum atomic E-state index is -1.26. The summed E-state index contributed by atoms with van der Waals surface area (Å²) < 4.78 is 0. The lowest BCUT2D eigenvalue weighted by Crippen LogP contribution is -2.66. The van der Waals surface area contributed by atoms with Gasteiger partial charge >= 0.3 is 11.9 Å². The molecule has 1 unspecified atom stereocenters. The van der Waals surface area contributed by atoms with Crippen molar-refractivity contribution in [3.63, 3.8) is 0 Å². The molecule has 9 heteroatoms. The number of hydrogen-bond donors (Lipinski definition) is 3. The Labute approximate surface area is 204 Å². The molecule has 1 saturated heterocycles. The third kappa shape index (κ3) is 6.20. The molecule has 8 nitrogen and oxygen atoms in total. The first-order valence-corrected chi connectivity index (χ1v) is 12.4. The number of likely N-dealkylation sites (tertiary alicyclic amines) is 1. The highest BCUT2D eigenvalue weighted by Gasteiger charge is 2.45. The minimum absolute atomic E-state index is 0.168. The number of carboxylic acids is 2. The maximum Gasteiger partial charge on any atom is 0.328 e. The molecule has 4 rings (SSSR count). The first kappa shape index (κ1) is 26.2. The molecule has 3 heterocycles. The molecule has 2 aromatic rings. The van der Waals surface area contributed by atoms with Crippen LogP contribution in [0.15, 0.2) is 18.2 Å². The fourth-order valence-electron chi connectivity index (χ4n) is 4.48. The molecule has 1 atom stereocenters. The van der Waals surface area contributed by atoms with Crippen LogP contribution in [0.1, 0.15) is 75.7 Å². The van der Waals surface area contributed by atoms with E-state index < -0.39 is 11.9 Å². The monoisotopic (exact) mass is 489 g/mol. The van der Waals surface area contributed by atoms with Crippen LogP contribution in [0.2, 0.25) is 0 Å². The van der Waals surface area contributed by atoms with Crippen LogP contribution in [0.4, 0.5) is 0 Å². The summed E-state index contributed by atoms with van der Waals surface area (Å²) >= 11 is 1.87. The molecule has 1 aliphatic carbocycles. The zero-order valence-electron chi connectivity index (χ0n) is 20.5. The number of fused-ring (bicyclic) bond motifs is 1. The number of aliphatic hydroxyl groups is 1. The number of carboxylic acid groups (broad SMARTS) is 2. The molecule has 0 bridgehead atoms. The molecule has 2 fully saturated rings. The predicted molar refractivity (Wildman–Crippen MR) is 132 cm³/mol. The Morgan fingerprint density at radius 3 is 2.21 bits per heavy atom. The third-order valence-corrected chi connectivity index (χ3v) is 8.27. The van der Waals surface area contributed by atoms with Gasteiger partial charge in [-0.2, -0.15) is 0 Å². The number of thiophene rings is 1. The van der Waals surface area contributed by atoms with Crippen LogP contribution in [0.3, 0.4) is 0 Å². The van der Waals surface area contributed by atoms with E-state index in [4.69, 9.17) is 20.2 Å². The number of nitrogens with zero attached hydrogens (tertiary/aromatic N) is 3. The maximum absolute atomic E-state index is 10.0. The van der Waals surface area contributed by atoms with Crippen molar-refractivity contribution >= 4 is 33.5 Å². The lowest BCUT2D eigenvalue weighted by atomic mass is 9.73. The van der Waals surface area contributed by atoms with Crippen molar-refractivity contribution in [1.29, 1.82) is 0 Å². The summed E-state index contributed by atoms with van der Waals surface area (Å²) in [7, 11) is 0. The largest absolute Gasteiger partial charge is 0.478 e. The Hall–Kier alpha value is -2.36.